The van der Waals surface area contributed by atoms with Gasteiger partial charge in [-0.25, -0.2) is 8.78 Å². The smallest absolute Gasteiger partial charge is 0.261 e. The minimum Gasteiger partial charge on any atom is -0.369 e. The Morgan fingerprint density at radius 3 is 2.53 bits per heavy atom. The van der Waals surface area contributed by atoms with Crippen LogP contribution in [0.1, 0.15) is 38.5 Å². The van der Waals surface area contributed by atoms with Crippen molar-refractivity contribution in [3.05, 3.63) is 0 Å². The van der Waals surface area contributed by atoms with Gasteiger partial charge in [-0.2, -0.15) is 0 Å². The van der Waals surface area contributed by atoms with Crippen LogP contribution in [-0.4, -0.2) is 31.2 Å². The van der Waals surface area contributed by atoms with Gasteiger partial charge in [0.25, 0.3) is 6.43 Å². The lowest BCUT2D eigenvalue weighted by molar-refractivity contribution is -0.133. The molecule has 2 aliphatic rings. The van der Waals surface area contributed by atoms with E-state index in [1.807, 2.05) is 0 Å². The maximum atomic E-state index is 12.0. The Balaban J connectivity index is 1.64. The van der Waals surface area contributed by atoms with E-state index in [1.165, 1.54) is 12.8 Å². The summed E-state index contributed by atoms with van der Waals surface area (Å²) >= 11 is 0. The van der Waals surface area contributed by atoms with Crippen LogP contribution in [0.2, 0.25) is 0 Å². The van der Waals surface area contributed by atoms with Crippen molar-refractivity contribution in [3.63, 3.8) is 0 Å². The lowest BCUT2D eigenvalue weighted by Gasteiger charge is -2.41. The molecule has 0 saturated heterocycles. The van der Waals surface area contributed by atoms with Crippen LogP contribution in [0.4, 0.5) is 8.78 Å². The Morgan fingerprint density at radius 2 is 2.07 bits per heavy atom. The number of alkyl halides is 2. The molecule has 0 bridgehead atoms. The van der Waals surface area contributed by atoms with Gasteiger partial charge >= 0.3 is 0 Å². The summed E-state index contributed by atoms with van der Waals surface area (Å²) in [5, 5.41) is 3.40. The highest BCUT2D eigenvalue weighted by Gasteiger charge is 2.38. The maximum Gasteiger partial charge on any atom is 0.261 e. The van der Waals surface area contributed by atoms with Crippen LogP contribution in [0.15, 0.2) is 0 Å². The van der Waals surface area contributed by atoms with Crippen LogP contribution in [0.5, 0.6) is 0 Å². The maximum absolute atomic E-state index is 12.0. The molecule has 0 aromatic heterocycles. The first-order chi connectivity index (χ1) is 7.20. The summed E-state index contributed by atoms with van der Waals surface area (Å²) < 4.78 is 29.4. The van der Waals surface area contributed by atoms with E-state index < -0.39 is 13.0 Å². The molecule has 2 nitrogen and oxygen atoms in total. The van der Waals surface area contributed by atoms with E-state index in [1.54, 1.807) is 0 Å². The summed E-state index contributed by atoms with van der Waals surface area (Å²) in [7, 11) is 0. The second kappa shape index (κ2) is 4.74. The van der Waals surface area contributed by atoms with E-state index in [2.05, 4.69) is 5.32 Å². The molecule has 2 saturated carbocycles. The number of hydrogen-bond donors (Lipinski definition) is 1. The minimum absolute atomic E-state index is 0.224. The summed E-state index contributed by atoms with van der Waals surface area (Å²) in [6, 6.07) is 0.692. The van der Waals surface area contributed by atoms with Gasteiger partial charge in [0.2, 0.25) is 0 Å². The molecular weight excluding hydrogens is 200 g/mol. The van der Waals surface area contributed by atoms with Gasteiger partial charge in [0.05, 0.1) is 5.60 Å². The van der Waals surface area contributed by atoms with Crippen molar-refractivity contribution < 1.29 is 13.5 Å². The third-order valence-electron chi connectivity index (χ3n) is 3.37. The van der Waals surface area contributed by atoms with Gasteiger partial charge in [-0.05, 0) is 45.1 Å². The quantitative estimate of drug-likeness (QED) is 0.709. The lowest BCUT2D eigenvalue weighted by atomic mass is 9.77. The number of hydrogen-bond acceptors (Lipinski definition) is 2. The van der Waals surface area contributed by atoms with Crippen LogP contribution in [0.3, 0.4) is 0 Å². The van der Waals surface area contributed by atoms with E-state index >= 15 is 0 Å². The van der Waals surface area contributed by atoms with Crippen molar-refractivity contribution in [3.8, 4) is 0 Å². The molecule has 0 spiro atoms. The fraction of sp³-hybridized carbons (Fsp3) is 1.00. The van der Waals surface area contributed by atoms with Crippen LogP contribution < -0.4 is 5.32 Å². The Hall–Kier alpha value is -0.220. The Morgan fingerprint density at radius 1 is 1.33 bits per heavy atom. The van der Waals surface area contributed by atoms with E-state index in [-0.39, 0.29) is 5.60 Å². The standard InChI is InChI=1S/C11H19F2NO/c12-10(13)8-15-11(4-1-5-11)6-7-14-9-2-3-9/h9-10,14H,1-8H2. The highest BCUT2D eigenvalue weighted by atomic mass is 19.3. The second-order valence-electron chi connectivity index (χ2n) is 4.72. The van der Waals surface area contributed by atoms with Gasteiger partial charge in [0.15, 0.2) is 0 Å². The molecule has 2 rings (SSSR count). The zero-order valence-electron chi connectivity index (χ0n) is 8.98. The zero-order chi connectivity index (χ0) is 10.7. The number of halogens is 2. The third kappa shape index (κ3) is 3.38. The average Bonchev–Trinajstić information content (AvgIpc) is 2.91. The second-order valence-corrected chi connectivity index (χ2v) is 4.72. The first-order valence-electron chi connectivity index (χ1n) is 5.86. The molecule has 0 aromatic rings. The molecule has 0 amide bonds. The highest BCUT2D eigenvalue weighted by Crippen LogP contribution is 2.38. The van der Waals surface area contributed by atoms with Gasteiger partial charge in [-0.15, -0.1) is 0 Å². The molecule has 1 N–H and O–H groups in total. The van der Waals surface area contributed by atoms with E-state index in [9.17, 15) is 8.78 Å². The van der Waals surface area contributed by atoms with Crippen molar-refractivity contribution >= 4 is 0 Å². The normalized spacial score (nSPS) is 24.2. The summed E-state index contributed by atoms with van der Waals surface area (Å²) in [5.41, 5.74) is -0.224. The molecule has 15 heavy (non-hydrogen) atoms. The van der Waals surface area contributed by atoms with Crippen molar-refractivity contribution in [1.82, 2.24) is 5.32 Å². The number of nitrogens with one attached hydrogen (secondary N) is 1. The Labute approximate surface area is 89.4 Å². The van der Waals surface area contributed by atoms with E-state index in [0.29, 0.717) is 6.04 Å². The molecule has 0 atom stereocenters. The molecule has 0 aromatic carbocycles. The molecule has 0 unspecified atom stereocenters. The summed E-state index contributed by atoms with van der Waals surface area (Å²) in [5.74, 6) is 0. The fourth-order valence-electron chi connectivity index (χ4n) is 2.07. The van der Waals surface area contributed by atoms with Crippen molar-refractivity contribution in [2.24, 2.45) is 0 Å². The lowest BCUT2D eigenvalue weighted by Crippen LogP contribution is -2.43. The van der Waals surface area contributed by atoms with Crippen LogP contribution >= 0.6 is 0 Å². The van der Waals surface area contributed by atoms with Gasteiger partial charge < -0.3 is 10.1 Å². The van der Waals surface area contributed by atoms with Gasteiger partial charge in [-0.1, -0.05) is 0 Å². The Kier molecular flexibility index (Phi) is 3.57. The van der Waals surface area contributed by atoms with Gasteiger partial charge in [-0.3, -0.25) is 0 Å². The van der Waals surface area contributed by atoms with E-state index in [4.69, 9.17) is 4.74 Å². The molecule has 0 radical (unpaired) electrons. The van der Waals surface area contributed by atoms with Gasteiger partial charge in [0, 0.05) is 6.04 Å². The first kappa shape index (κ1) is 11.3. The van der Waals surface area contributed by atoms with Gasteiger partial charge in [0.1, 0.15) is 6.61 Å². The summed E-state index contributed by atoms with van der Waals surface area (Å²) in [6.45, 7) is 0.511. The predicted molar refractivity (Wildman–Crippen MR) is 54.2 cm³/mol. The summed E-state index contributed by atoms with van der Waals surface area (Å²) in [6.07, 6.45) is 4.11. The molecule has 2 fully saturated rings. The molecule has 4 heteroatoms. The SMILES string of the molecule is FC(F)COC1(CCNC2CC2)CCC1. The summed E-state index contributed by atoms with van der Waals surface area (Å²) in [4.78, 5) is 0. The highest BCUT2D eigenvalue weighted by molar-refractivity contribution is 4.91. The average molecular weight is 219 g/mol. The van der Waals surface area contributed by atoms with Crippen molar-refractivity contribution in [2.75, 3.05) is 13.2 Å². The number of rotatable bonds is 7. The molecule has 0 heterocycles. The third-order valence-corrected chi connectivity index (χ3v) is 3.37. The van der Waals surface area contributed by atoms with Crippen molar-refractivity contribution in [2.45, 2.75) is 56.6 Å². The molecule has 0 aliphatic heterocycles. The van der Waals surface area contributed by atoms with Crippen LogP contribution in [0, 0.1) is 0 Å². The predicted octanol–water partition coefficient (Wildman–Crippen LogP) is 2.33. The molecule has 88 valence electrons. The topological polar surface area (TPSA) is 21.3 Å². The zero-order valence-corrected chi connectivity index (χ0v) is 8.98. The van der Waals surface area contributed by atoms with Crippen molar-refractivity contribution in [1.29, 1.82) is 0 Å². The largest absolute Gasteiger partial charge is 0.369 e. The monoisotopic (exact) mass is 219 g/mol. The number of ether oxygens (including phenoxy) is 1. The fourth-order valence-corrected chi connectivity index (χ4v) is 2.07. The van der Waals surface area contributed by atoms with Crippen LogP contribution in [-0.2, 0) is 4.74 Å². The van der Waals surface area contributed by atoms with E-state index in [0.717, 1.165) is 32.2 Å². The minimum atomic E-state index is -2.33. The molecular formula is C11H19F2NO. The molecule has 2 aliphatic carbocycles. The van der Waals surface area contributed by atoms with Crippen LogP contribution in [0.25, 0.3) is 0 Å². The Bertz CT molecular complexity index is 203. The first-order valence-corrected chi connectivity index (χ1v) is 5.86.